The summed E-state index contributed by atoms with van der Waals surface area (Å²) in [6.45, 7) is 0. The molecule has 2 aliphatic rings. The van der Waals surface area contributed by atoms with Crippen LogP contribution in [0.4, 0.5) is 11.4 Å². The number of nitrogens with one attached hydrogen (secondary N) is 2. The number of hydrogen-bond donors (Lipinski definition) is 2. The number of rotatable bonds is 4. The van der Waals surface area contributed by atoms with E-state index >= 15 is 0 Å². The van der Waals surface area contributed by atoms with Crippen LogP contribution in [0.5, 0.6) is 5.75 Å². The van der Waals surface area contributed by atoms with E-state index in [-0.39, 0.29) is 28.7 Å². The Morgan fingerprint density at radius 1 is 1.07 bits per heavy atom. The molecule has 146 valence electrons. The van der Waals surface area contributed by atoms with Gasteiger partial charge < -0.3 is 15.4 Å². The summed E-state index contributed by atoms with van der Waals surface area (Å²) < 4.78 is 28.4. The summed E-state index contributed by atoms with van der Waals surface area (Å²) in [5, 5.41) is 6.76. The van der Waals surface area contributed by atoms with Crippen molar-refractivity contribution in [1.29, 1.82) is 0 Å². The lowest BCUT2D eigenvalue weighted by Crippen LogP contribution is -2.13. The molecule has 2 atom stereocenters. The minimum absolute atomic E-state index is 0.00190. The highest BCUT2D eigenvalue weighted by atomic mass is 32.2. The van der Waals surface area contributed by atoms with Crippen molar-refractivity contribution in [3.63, 3.8) is 0 Å². The maximum atomic E-state index is 12.4. The van der Waals surface area contributed by atoms with Crippen LogP contribution >= 0.6 is 11.8 Å². The van der Waals surface area contributed by atoms with E-state index in [9.17, 15) is 13.2 Å². The number of amidine groups is 1. The molecule has 9 heteroatoms. The van der Waals surface area contributed by atoms with Crippen molar-refractivity contribution in [2.45, 2.75) is 11.3 Å². The molecular weight excluding hydrogens is 398 g/mol. The van der Waals surface area contributed by atoms with Gasteiger partial charge in [-0.1, -0.05) is 11.8 Å². The molecule has 2 heterocycles. The van der Waals surface area contributed by atoms with Crippen molar-refractivity contribution in [1.82, 2.24) is 0 Å². The lowest BCUT2D eigenvalue weighted by molar-refractivity contribution is 0.102. The van der Waals surface area contributed by atoms with Crippen LogP contribution in [0.2, 0.25) is 0 Å². The smallest absolute Gasteiger partial charge is 0.255 e. The number of thioether (sulfide) groups is 1. The van der Waals surface area contributed by atoms with E-state index in [0.29, 0.717) is 11.3 Å². The number of aliphatic imine (C=N–C) groups is 1. The van der Waals surface area contributed by atoms with Gasteiger partial charge in [0.25, 0.3) is 5.91 Å². The lowest BCUT2D eigenvalue weighted by atomic mass is 10.2. The molecule has 28 heavy (non-hydrogen) atoms. The van der Waals surface area contributed by atoms with Crippen molar-refractivity contribution in [2.75, 3.05) is 29.2 Å². The first-order valence-corrected chi connectivity index (χ1v) is 11.4. The second-order valence-corrected chi connectivity index (χ2v) is 10.0. The predicted octanol–water partition coefficient (Wildman–Crippen LogP) is 2.63. The summed E-state index contributed by atoms with van der Waals surface area (Å²) >= 11 is 1.46. The Labute approximate surface area is 167 Å². The monoisotopic (exact) mass is 417 g/mol. The molecule has 0 unspecified atom stereocenters. The van der Waals surface area contributed by atoms with E-state index in [0.717, 1.165) is 16.6 Å². The molecule has 0 aliphatic carbocycles. The molecule has 2 aromatic carbocycles. The zero-order valence-electron chi connectivity index (χ0n) is 15.1. The molecule has 1 fully saturated rings. The Hall–Kier alpha value is -2.52. The van der Waals surface area contributed by atoms with Crippen molar-refractivity contribution in [3.8, 4) is 5.75 Å². The lowest BCUT2D eigenvalue weighted by Gasteiger charge is -2.09. The van der Waals surface area contributed by atoms with Crippen LogP contribution in [-0.4, -0.2) is 49.4 Å². The second-order valence-electron chi connectivity index (χ2n) is 6.62. The van der Waals surface area contributed by atoms with Gasteiger partial charge in [-0.15, -0.1) is 0 Å². The predicted molar refractivity (Wildman–Crippen MR) is 112 cm³/mol. The average molecular weight is 418 g/mol. The molecular formula is C19H19N3O4S2. The topological polar surface area (TPSA) is 96.9 Å². The Kier molecular flexibility index (Phi) is 5.03. The second kappa shape index (κ2) is 7.48. The third-order valence-corrected chi connectivity index (χ3v) is 7.71. The van der Waals surface area contributed by atoms with Gasteiger partial charge in [-0.25, -0.2) is 8.42 Å². The summed E-state index contributed by atoms with van der Waals surface area (Å²) in [4.78, 5) is 16.8. The number of fused-ring (bicyclic) bond motifs is 1. The first kappa shape index (κ1) is 18.8. The van der Waals surface area contributed by atoms with Gasteiger partial charge in [0.2, 0.25) is 0 Å². The number of ether oxygens (including phenoxy) is 1. The molecule has 2 aliphatic heterocycles. The van der Waals surface area contributed by atoms with Crippen LogP contribution in [-0.2, 0) is 9.84 Å². The molecule has 1 amide bonds. The number of anilines is 2. The fraction of sp³-hybridized carbons (Fsp3) is 0.263. The molecule has 0 saturated carbocycles. The number of carbonyl (C=O) groups excluding carboxylic acids is 1. The molecule has 4 rings (SSSR count). The van der Waals surface area contributed by atoms with Crippen molar-refractivity contribution < 1.29 is 17.9 Å². The fourth-order valence-electron chi connectivity index (χ4n) is 3.12. The van der Waals surface area contributed by atoms with E-state index in [4.69, 9.17) is 4.74 Å². The largest absolute Gasteiger partial charge is 0.497 e. The molecule has 2 N–H and O–H groups in total. The van der Waals surface area contributed by atoms with Gasteiger partial charge in [0.15, 0.2) is 15.0 Å². The van der Waals surface area contributed by atoms with Gasteiger partial charge in [-0.3, -0.25) is 9.79 Å². The maximum Gasteiger partial charge on any atom is 0.255 e. The summed E-state index contributed by atoms with van der Waals surface area (Å²) in [6, 6.07) is 14.0. The molecule has 2 aromatic rings. The van der Waals surface area contributed by atoms with Gasteiger partial charge in [-0.05, 0) is 48.5 Å². The first-order chi connectivity index (χ1) is 13.4. The van der Waals surface area contributed by atoms with Crippen LogP contribution in [0.25, 0.3) is 0 Å². The number of nitrogens with zero attached hydrogens (tertiary/aromatic N) is 1. The SMILES string of the molecule is COc1ccc(NC(=O)c2ccc(NC3=N[C@H]4CS(=O)(=O)C[C@H]4S3)cc2)cc1. The molecule has 0 aromatic heterocycles. The third-order valence-electron chi connectivity index (χ3n) is 4.56. The number of carbonyl (C=O) groups is 1. The molecule has 7 nitrogen and oxygen atoms in total. The average Bonchev–Trinajstić information content (AvgIpc) is 3.15. The van der Waals surface area contributed by atoms with E-state index < -0.39 is 9.84 Å². The zero-order chi connectivity index (χ0) is 19.7. The zero-order valence-corrected chi connectivity index (χ0v) is 16.7. The van der Waals surface area contributed by atoms with Gasteiger partial charge in [0.05, 0.1) is 24.7 Å². The Balaban J connectivity index is 1.37. The maximum absolute atomic E-state index is 12.4. The van der Waals surface area contributed by atoms with E-state index in [1.807, 2.05) is 0 Å². The Morgan fingerprint density at radius 2 is 1.75 bits per heavy atom. The summed E-state index contributed by atoms with van der Waals surface area (Å²) in [5.41, 5.74) is 2.02. The van der Waals surface area contributed by atoms with E-state index in [2.05, 4.69) is 15.6 Å². The number of amides is 1. The van der Waals surface area contributed by atoms with Gasteiger partial charge >= 0.3 is 0 Å². The molecule has 0 radical (unpaired) electrons. The number of sulfone groups is 1. The van der Waals surface area contributed by atoms with Crippen molar-refractivity contribution in [2.24, 2.45) is 4.99 Å². The number of hydrogen-bond acceptors (Lipinski definition) is 7. The third kappa shape index (κ3) is 4.15. The molecule has 0 spiro atoms. The van der Waals surface area contributed by atoms with Gasteiger partial charge in [-0.2, -0.15) is 0 Å². The summed E-state index contributed by atoms with van der Waals surface area (Å²) in [5.74, 6) is 0.828. The van der Waals surface area contributed by atoms with Gasteiger partial charge in [0.1, 0.15) is 5.75 Å². The molecule has 0 bridgehead atoms. The highest BCUT2D eigenvalue weighted by Crippen LogP contribution is 2.34. The highest BCUT2D eigenvalue weighted by Gasteiger charge is 2.42. The van der Waals surface area contributed by atoms with Crippen LogP contribution in [0.15, 0.2) is 53.5 Å². The minimum Gasteiger partial charge on any atom is -0.497 e. The summed E-state index contributed by atoms with van der Waals surface area (Å²) in [6.07, 6.45) is 0. The van der Waals surface area contributed by atoms with Crippen LogP contribution < -0.4 is 15.4 Å². The number of benzene rings is 2. The Bertz CT molecular complexity index is 1020. The Morgan fingerprint density at radius 3 is 2.39 bits per heavy atom. The van der Waals surface area contributed by atoms with Crippen LogP contribution in [0, 0.1) is 0 Å². The van der Waals surface area contributed by atoms with Crippen LogP contribution in [0.3, 0.4) is 0 Å². The normalized spacial score (nSPS) is 22.2. The standard InChI is InChI=1S/C19H19N3O4S2/c1-26-15-8-6-13(7-9-15)20-18(23)12-2-4-14(5-3-12)21-19-22-16-10-28(24,25)11-17(16)27-19/h2-9,16-17H,10-11H2,1H3,(H,20,23)(H,21,22)/t16-,17+/m0/s1. The quantitative estimate of drug-likeness (QED) is 0.794. The minimum atomic E-state index is -2.95. The van der Waals surface area contributed by atoms with Crippen molar-refractivity contribution in [3.05, 3.63) is 54.1 Å². The highest BCUT2D eigenvalue weighted by molar-refractivity contribution is 8.15. The van der Waals surface area contributed by atoms with E-state index in [1.165, 1.54) is 11.8 Å². The number of methoxy groups -OCH3 is 1. The fourth-order valence-corrected chi connectivity index (χ4v) is 6.80. The van der Waals surface area contributed by atoms with Gasteiger partial charge in [0, 0.05) is 22.2 Å². The summed E-state index contributed by atoms with van der Waals surface area (Å²) in [7, 11) is -1.36. The van der Waals surface area contributed by atoms with Crippen molar-refractivity contribution >= 4 is 44.0 Å². The first-order valence-electron chi connectivity index (χ1n) is 8.69. The molecule has 1 saturated heterocycles. The van der Waals surface area contributed by atoms with E-state index in [1.54, 1.807) is 55.6 Å². The van der Waals surface area contributed by atoms with Crippen LogP contribution in [0.1, 0.15) is 10.4 Å².